The summed E-state index contributed by atoms with van der Waals surface area (Å²) >= 11 is 0. The van der Waals surface area contributed by atoms with Crippen LogP contribution in [0, 0.1) is 5.82 Å². The van der Waals surface area contributed by atoms with E-state index in [0.717, 1.165) is 50.4 Å². The van der Waals surface area contributed by atoms with E-state index in [2.05, 4.69) is 36.3 Å². The molecule has 5 rings (SSSR count). The molecule has 0 atom stereocenters. The fraction of sp³-hybridized carbons (Fsp3) is 0.435. The van der Waals surface area contributed by atoms with Crippen LogP contribution in [-0.4, -0.2) is 61.2 Å². The van der Waals surface area contributed by atoms with Crippen molar-refractivity contribution in [3.63, 3.8) is 0 Å². The number of rotatable bonds is 9. The minimum atomic E-state index is -0.856. The molecule has 2 aliphatic rings. The standard InChI is InChI=1S/C23H27FN8O3/c24-16-10-25-8-7-17(16)30-23(35)19-11-27-22-18(28-14-5-6-14)9-20(31-32(19)22)29-15-3-1-13(2-4-15)26-12-21(33)34/h7-11,13-15,26,28H,1-6,12H2,(H,29,31)(H,33,34)(H,25,30,35)/t13-,15-. The lowest BCUT2D eigenvalue weighted by Gasteiger charge is -2.29. The fourth-order valence-electron chi connectivity index (χ4n) is 4.29. The minimum absolute atomic E-state index is 0.0267. The van der Waals surface area contributed by atoms with E-state index in [1.165, 1.54) is 23.0 Å². The summed E-state index contributed by atoms with van der Waals surface area (Å²) in [5.41, 5.74) is 1.50. The van der Waals surface area contributed by atoms with Crippen LogP contribution in [0.3, 0.4) is 0 Å². The third kappa shape index (κ3) is 5.48. The van der Waals surface area contributed by atoms with E-state index in [9.17, 15) is 14.0 Å². The Morgan fingerprint density at radius 1 is 1.03 bits per heavy atom. The van der Waals surface area contributed by atoms with Gasteiger partial charge in [0.2, 0.25) is 0 Å². The highest BCUT2D eigenvalue weighted by atomic mass is 19.1. The summed E-state index contributed by atoms with van der Waals surface area (Å²) in [6.45, 7) is -0.0357. The molecule has 0 unspecified atom stereocenters. The Labute approximate surface area is 200 Å². The number of aromatic nitrogens is 4. The third-order valence-corrected chi connectivity index (χ3v) is 6.28. The number of nitrogens with zero attached hydrogens (tertiary/aromatic N) is 4. The van der Waals surface area contributed by atoms with Gasteiger partial charge < -0.3 is 26.4 Å². The molecule has 2 fully saturated rings. The number of carbonyl (C=O) groups excluding carboxylic acids is 1. The summed E-state index contributed by atoms with van der Waals surface area (Å²) < 4.78 is 15.5. The SMILES string of the molecule is O=C(O)CN[C@H]1CC[C@H](Nc2cc(NC3CC3)c3ncc(C(=O)Nc4ccncc4F)n3n2)CC1. The molecular weight excluding hydrogens is 455 g/mol. The normalized spacial score (nSPS) is 19.9. The first-order valence-corrected chi connectivity index (χ1v) is 11.7. The topological polar surface area (TPSA) is 146 Å². The van der Waals surface area contributed by atoms with E-state index in [-0.39, 0.29) is 30.0 Å². The summed E-state index contributed by atoms with van der Waals surface area (Å²) in [5.74, 6) is -1.42. The van der Waals surface area contributed by atoms with Crippen molar-refractivity contribution in [1.29, 1.82) is 0 Å². The van der Waals surface area contributed by atoms with Crippen LogP contribution in [0.1, 0.15) is 49.0 Å². The highest BCUT2D eigenvalue weighted by Gasteiger charge is 2.26. The number of carboxylic acids is 1. The molecule has 3 aromatic heterocycles. The lowest BCUT2D eigenvalue weighted by atomic mass is 9.91. The first-order valence-electron chi connectivity index (χ1n) is 11.7. The van der Waals surface area contributed by atoms with Crippen molar-refractivity contribution >= 4 is 34.7 Å². The second-order valence-corrected chi connectivity index (χ2v) is 9.02. The van der Waals surface area contributed by atoms with E-state index >= 15 is 0 Å². The van der Waals surface area contributed by atoms with Gasteiger partial charge in [-0.25, -0.2) is 13.9 Å². The second-order valence-electron chi connectivity index (χ2n) is 9.02. The maximum absolute atomic E-state index is 14.0. The van der Waals surface area contributed by atoms with E-state index in [0.29, 0.717) is 17.5 Å². The van der Waals surface area contributed by atoms with Crippen molar-refractivity contribution in [3.05, 3.63) is 42.2 Å². The van der Waals surface area contributed by atoms with E-state index in [1.807, 2.05) is 6.07 Å². The quantitative estimate of drug-likeness (QED) is 0.310. The molecule has 2 saturated carbocycles. The van der Waals surface area contributed by atoms with E-state index in [1.54, 1.807) is 0 Å². The first-order chi connectivity index (χ1) is 17.0. The summed E-state index contributed by atoms with van der Waals surface area (Å²) in [6, 6.07) is 4.01. The Morgan fingerprint density at radius 3 is 2.46 bits per heavy atom. The van der Waals surface area contributed by atoms with Gasteiger partial charge in [-0.3, -0.25) is 14.6 Å². The number of anilines is 3. The Bertz CT molecular complexity index is 1240. The van der Waals surface area contributed by atoms with Gasteiger partial charge in [-0.2, -0.15) is 0 Å². The molecule has 12 heteroatoms. The number of carboxylic acid groups (broad SMARTS) is 1. The van der Waals surface area contributed by atoms with Crippen molar-refractivity contribution in [2.75, 3.05) is 22.5 Å². The average Bonchev–Trinajstić information content (AvgIpc) is 3.55. The van der Waals surface area contributed by atoms with E-state index in [4.69, 9.17) is 5.11 Å². The summed E-state index contributed by atoms with van der Waals surface area (Å²) in [6.07, 6.45) is 9.44. The molecule has 3 heterocycles. The number of carbonyl (C=O) groups is 2. The molecule has 0 radical (unpaired) electrons. The predicted molar refractivity (Wildman–Crippen MR) is 127 cm³/mol. The number of hydrogen-bond acceptors (Lipinski definition) is 8. The average molecular weight is 483 g/mol. The van der Waals surface area contributed by atoms with Gasteiger partial charge >= 0.3 is 5.97 Å². The molecule has 3 aromatic rings. The Kier molecular flexibility index (Phi) is 6.45. The van der Waals surface area contributed by atoms with Gasteiger partial charge in [0.15, 0.2) is 17.2 Å². The minimum Gasteiger partial charge on any atom is -0.480 e. The van der Waals surface area contributed by atoms with Crippen LogP contribution in [0.5, 0.6) is 0 Å². The van der Waals surface area contributed by atoms with Crippen LogP contribution in [0.15, 0.2) is 30.7 Å². The number of amides is 1. The smallest absolute Gasteiger partial charge is 0.317 e. The van der Waals surface area contributed by atoms with Crippen molar-refractivity contribution < 1.29 is 19.1 Å². The molecule has 0 aliphatic heterocycles. The lowest BCUT2D eigenvalue weighted by Crippen LogP contribution is -2.39. The molecule has 184 valence electrons. The van der Waals surface area contributed by atoms with Crippen molar-refractivity contribution in [3.8, 4) is 0 Å². The molecule has 1 amide bonds. The van der Waals surface area contributed by atoms with Gasteiger partial charge in [0.25, 0.3) is 5.91 Å². The Hall–Kier alpha value is -3.80. The lowest BCUT2D eigenvalue weighted by molar-refractivity contribution is -0.136. The number of pyridine rings is 1. The van der Waals surface area contributed by atoms with Crippen molar-refractivity contribution in [1.82, 2.24) is 24.9 Å². The van der Waals surface area contributed by atoms with Crippen LogP contribution < -0.4 is 21.3 Å². The van der Waals surface area contributed by atoms with E-state index < -0.39 is 17.7 Å². The number of hydrogen-bond donors (Lipinski definition) is 5. The second kappa shape index (κ2) is 9.82. The van der Waals surface area contributed by atoms with Gasteiger partial charge in [-0.15, -0.1) is 5.10 Å². The molecule has 0 saturated heterocycles. The fourth-order valence-corrected chi connectivity index (χ4v) is 4.29. The Balaban J connectivity index is 1.35. The molecule has 0 spiro atoms. The van der Waals surface area contributed by atoms with Gasteiger partial charge in [-0.05, 0) is 44.6 Å². The highest BCUT2D eigenvalue weighted by Crippen LogP contribution is 2.30. The zero-order valence-corrected chi connectivity index (χ0v) is 19.0. The number of fused-ring (bicyclic) bond motifs is 1. The third-order valence-electron chi connectivity index (χ3n) is 6.28. The molecule has 0 bridgehead atoms. The molecule has 0 aromatic carbocycles. The maximum atomic E-state index is 14.0. The van der Waals surface area contributed by atoms with Gasteiger partial charge in [-0.1, -0.05) is 0 Å². The van der Waals surface area contributed by atoms with Crippen LogP contribution in [-0.2, 0) is 4.79 Å². The predicted octanol–water partition coefficient (Wildman–Crippen LogP) is 2.49. The summed E-state index contributed by atoms with van der Waals surface area (Å²) in [7, 11) is 0. The van der Waals surface area contributed by atoms with Gasteiger partial charge in [0.05, 0.1) is 30.3 Å². The monoisotopic (exact) mass is 482 g/mol. The Morgan fingerprint density at radius 2 is 1.74 bits per heavy atom. The largest absolute Gasteiger partial charge is 0.480 e. The van der Waals surface area contributed by atoms with Crippen LogP contribution in [0.4, 0.5) is 21.6 Å². The van der Waals surface area contributed by atoms with Gasteiger partial charge in [0.1, 0.15) is 5.82 Å². The first kappa shape index (κ1) is 23.0. The van der Waals surface area contributed by atoms with Crippen molar-refractivity contribution in [2.45, 2.75) is 56.7 Å². The van der Waals surface area contributed by atoms with Crippen LogP contribution in [0.25, 0.3) is 5.65 Å². The van der Waals surface area contributed by atoms with Crippen molar-refractivity contribution in [2.24, 2.45) is 0 Å². The maximum Gasteiger partial charge on any atom is 0.317 e. The number of aliphatic carboxylic acids is 1. The molecule has 35 heavy (non-hydrogen) atoms. The van der Waals surface area contributed by atoms with Gasteiger partial charge in [0, 0.05) is 30.4 Å². The number of halogens is 1. The van der Waals surface area contributed by atoms with Crippen LogP contribution >= 0.6 is 0 Å². The number of nitrogens with one attached hydrogen (secondary N) is 4. The molecule has 11 nitrogen and oxygen atoms in total. The molecule has 2 aliphatic carbocycles. The highest BCUT2D eigenvalue weighted by molar-refractivity contribution is 6.03. The molecular formula is C23H27FN8O3. The number of imidazole rings is 1. The summed E-state index contributed by atoms with van der Waals surface area (Å²) in [5, 5.41) is 26.0. The zero-order valence-electron chi connectivity index (χ0n) is 19.0. The zero-order chi connectivity index (χ0) is 24.4. The summed E-state index contributed by atoms with van der Waals surface area (Å²) in [4.78, 5) is 31.8. The van der Waals surface area contributed by atoms with Crippen LogP contribution in [0.2, 0.25) is 0 Å². The molecule has 5 N–H and O–H groups in total.